The van der Waals surface area contributed by atoms with Crippen molar-refractivity contribution in [3.05, 3.63) is 50.9 Å². The van der Waals surface area contributed by atoms with Crippen LogP contribution in [0.4, 0.5) is 0 Å². The number of hydrogen-bond donors (Lipinski definition) is 2. The summed E-state index contributed by atoms with van der Waals surface area (Å²) in [5, 5.41) is 13.2. The first-order chi connectivity index (χ1) is 8.66. The van der Waals surface area contributed by atoms with Gasteiger partial charge in [0, 0.05) is 29.9 Å². The second kappa shape index (κ2) is 6.29. The molecule has 0 spiro atoms. The zero-order chi connectivity index (χ0) is 13.0. The van der Waals surface area contributed by atoms with E-state index in [4.69, 9.17) is 11.6 Å². The van der Waals surface area contributed by atoms with E-state index in [1.54, 1.807) is 12.3 Å². The van der Waals surface area contributed by atoms with E-state index in [1.807, 2.05) is 25.1 Å². The highest BCUT2D eigenvalue weighted by Gasteiger charge is 2.09. The molecule has 2 heterocycles. The summed E-state index contributed by atoms with van der Waals surface area (Å²) in [5.41, 5.74) is 2.16. The molecule has 18 heavy (non-hydrogen) atoms. The lowest BCUT2D eigenvalue weighted by Gasteiger charge is -2.11. The number of hydrogen-bond acceptors (Lipinski definition) is 4. The predicted octanol–water partition coefficient (Wildman–Crippen LogP) is 2.93. The quantitative estimate of drug-likeness (QED) is 0.886. The van der Waals surface area contributed by atoms with Gasteiger partial charge in [0.15, 0.2) is 0 Å². The van der Waals surface area contributed by atoms with E-state index in [2.05, 4.69) is 10.3 Å². The van der Waals surface area contributed by atoms with Crippen LogP contribution in [0.25, 0.3) is 0 Å². The van der Waals surface area contributed by atoms with E-state index in [0.29, 0.717) is 17.4 Å². The summed E-state index contributed by atoms with van der Waals surface area (Å²) in [7, 11) is 0. The third-order valence-electron chi connectivity index (χ3n) is 2.69. The lowest BCUT2D eigenvalue weighted by Crippen LogP contribution is -2.21. The second-order valence-corrected chi connectivity index (χ2v) is 5.78. The number of aryl methyl sites for hydroxylation is 1. The standard InChI is InChI=1S/C13H15ClN2OS/c1-9-10(3-2-6-16-9)7-15-8-11(17)12-4-5-13(14)18-12/h2-6,11,15,17H,7-8H2,1H3. The first kappa shape index (κ1) is 13.5. The molecule has 2 rings (SSSR count). The van der Waals surface area contributed by atoms with E-state index < -0.39 is 6.10 Å². The number of nitrogens with one attached hydrogen (secondary N) is 1. The Morgan fingerprint density at radius 1 is 1.44 bits per heavy atom. The summed E-state index contributed by atoms with van der Waals surface area (Å²) in [6.07, 6.45) is 1.26. The zero-order valence-corrected chi connectivity index (χ0v) is 11.6. The van der Waals surface area contributed by atoms with E-state index in [-0.39, 0.29) is 0 Å². The van der Waals surface area contributed by atoms with Gasteiger partial charge in [-0.15, -0.1) is 11.3 Å². The summed E-state index contributed by atoms with van der Waals surface area (Å²) in [6, 6.07) is 7.61. The minimum atomic E-state index is -0.514. The molecule has 0 radical (unpaired) electrons. The van der Waals surface area contributed by atoms with Crippen molar-refractivity contribution >= 4 is 22.9 Å². The van der Waals surface area contributed by atoms with E-state index in [1.165, 1.54) is 11.3 Å². The molecule has 2 aromatic heterocycles. The van der Waals surface area contributed by atoms with Crippen molar-refractivity contribution in [2.75, 3.05) is 6.54 Å². The first-order valence-electron chi connectivity index (χ1n) is 5.71. The van der Waals surface area contributed by atoms with Gasteiger partial charge in [-0.1, -0.05) is 17.7 Å². The molecule has 1 atom stereocenters. The zero-order valence-electron chi connectivity index (χ0n) is 10.1. The molecule has 0 aromatic carbocycles. The van der Waals surface area contributed by atoms with Crippen molar-refractivity contribution in [1.29, 1.82) is 0 Å². The molecule has 2 aromatic rings. The number of aliphatic hydroxyl groups is 1. The van der Waals surface area contributed by atoms with Gasteiger partial charge in [-0.25, -0.2) is 0 Å². The Balaban J connectivity index is 1.84. The molecule has 0 saturated heterocycles. The molecule has 3 nitrogen and oxygen atoms in total. The molecule has 0 aliphatic carbocycles. The van der Waals surface area contributed by atoms with Gasteiger partial charge in [0.25, 0.3) is 0 Å². The monoisotopic (exact) mass is 282 g/mol. The van der Waals surface area contributed by atoms with Crippen LogP contribution >= 0.6 is 22.9 Å². The lowest BCUT2D eigenvalue weighted by molar-refractivity contribution is 0.178. The normalized spacial score (nSPS) is 12.6. The van der Waals surface area contributed by atoms with Crippen LogP contribution in [0, 0.1) is 6.92 Å². The summed E-state index contributed by atoms with van der Waals surface area (Å²) in [4.78, 5) is 5.11. The Morgan fingerprint density at radius 2 is 2.28 bits per heavy atom. The van der Waals surface area contributed by atoms with Crippen molar-refractivity contribution in [3.63, 3.8) is 0 Å². The van der Waals surface area contributed by atoms with Crippen molar-refractivity contribution in [2.24, 2.45) is 0 Å². The number of nitrogens with zero attached hydrogens (tertiary/aromatic N) is 1. The van der Waals surface area contributed by atoms with Gasteiger partial charge < -0.3 is 10.4 Å². The largest absolute Gasteiger partial charge is 0.386 e. The molecule has 96 valence electrons. The molecule has 1 unspecified atom stereocenters. The summed E-state index contributed by atoms with van der Waals surface area (Å²) < 4.78 is 0.701. The maximum absolute atomic E-state index is 9.95. The number of aromatic nitrogens is 1. The number of rotatable bonds is 5. The van der Waals surface area contributed by atoms with Crippen LogP contribution in [0.3, 0.4) is 0 Å². The highest BCUT2D eigenvalue weighted by Crippen LogP contribution is 2.26. The highest BCUT2D eigenvalue weighted by molar-refractivity contribution is 7.16. The van der Waals surface area contributed by atoms with Crippen molar-refractivity contribution in [1.82, 2.24) is 10.3 Å². The van der Waals surface area contributed by atoms with Crippen LogP contribution in [0.2, 0.25) is 4.34 Å². The second-order valence-electron chi connectivity index (χ2n) is 4.04. The fourth-order valence-electron chi connectivity index (χ4n) is 1.66. The number of halogens is 1. The van der Waals surface area contributed by atoms with Crippen LogP contribution in [0.15, 0.2) is 30.5 Å². The van der Waals surface area contributed by atoms with Gasteiger partial charge in [-0.05, 0) is 30.7 Å². The maximum Gasteiger partial charge on any atom is 0.101 e. The number of thiophene rings is 1. The van der Waals surface area contributed by atoms with Crippen LogP contribution in [-0.2, 0) is 6.54 Å². The Labute approximate surface area is 115 Å². The van der Waals surface area contributed by atoms with Crippen molar-refractivity contribution in [2.45, 2.75) is 19.6 Å². The average Bonchev–Trinajstić information content (AvgIpc) is 2.78. The van der Waals surface area contributed by atoms with Gasteiger partial charge in [0.2, 0.25) is 0 Å². The molecule has 5 heteroatoms. The maximum atomic E-state index is 9.95. The molecule has 0 bridgehead atoms. The Morgan fingerprint density at radius 3 is 2.94 bits per heavy atom. The fourth-order valence-corrected chi connectivity index (χ4v) is 2.70. The third kappa shape index (κ3) is 3.53. The van der Waals surface area contributed by atoms with Gasteiger partial charge in [-0.3, -0.25) is 4.98 Å². The smallest absolute Gasteiger partial charge is 0.101 e. The average molecular weight is 283 g/mol. The van der Waals surface area contributed by atoms with Crippen LogP contribution in [0.5, 0.6) is 0 Å². The molecule has 0 aliphatic rings. The molecular formula is C13H15ClN2OS. The van der Waals surface area contributed by atoms with E-state index >= 15 is 0 Å². The van der Waals surface area contributed by atoms with Crippen LogP contribution < -0.4 is 5.32 Å². The topological polar surface area (TPSA) is 45.2 Å². The molecule has 0 amide bonds. The minimum Gasteiger partial charge on any atom is -0.386 e. The summed E-state index contributed by atoms with van der Waals surface area (Å²) in [6.45, 7) is 3.19. The molecule has 2 N–H and O–H groups in total. The molecule has 0 fully saturated rings. The van der Waals surface area contributed by atoms with Gasteiger partial charge >= 0.3 is 0 Å². The summed E-state index contributed by atoms with van der Waals surface area (Å²) >= 11 is 7.24. The first-order valence-corrected chi connectivity index (χ1v) is 6.91. The fraction of sp³-hybridized carbons (Fsp3) is 0.308. The van der Waals surface area contributed by atoms with Crippen molar-refractivity contribution < 1.29 is 5.11 Å². The minimum absolute atomic E-state index is 0.505. The van der Waals surface area contributed by atoms with E-state index in [0.717, 1.165) is 16.1 Å². The summed E-state index contributed by atoms with van der Waals surface area (Å²) in [5.74, 6) is 0. The SMILES string of the molecule is Cc1ncccc1CNCC(O)c1ccc(Cl)s1. The van der Waals surface area contributed by atoms with E-state index in [9.17, 15) is 5.11 Å². The number of pyridine rings is 1. The van der Waals surface area contributed by atoms with Gasteiger partial charge in [0.1, 0.15) is 6.10 Å². The molecule has 0 saturated carbocycles. The number of aliphatic hydroxyl groups excluding tert-OH is 1. The third-order valence-corrected chi connectivity index (χ3v) is 4.02. The Bertz CT molecular complexity index is 515. The van der Waals surface area contributed by atoms with Crippen molar-refractivity contribution in [3.8, 4) is 0 Å². The lowest BCUT2D eigenvalue weighted by atomic mass is 10.2. The Kier molecular flexibility index (Phi) is 4.72. The van der Waals surface area contributed by atoms with Gasteiger partial charge in [0.05, 0.1) is 4.34 Å². The molecular weight excluding hydrogens is 268 g/mol. The predicted molar refractivity (Wildman–Crippen MR) is 75.0 cm³/mol. The highest BCUT2D eigenvalue weighted by atomic mass is 35.5. The molecule has 0 aliphatic heterocycles. The Hall–Kier alpha value is -0.940. The van der Waals surface area contributed by atoms with Crippen LogP contribution in [-0.4, -0.2) is 16.6 Å². The van der Waals surface area contributed by atoms with Gasteiger partial charge in [-0.2, -0.15) is 0 Å². The van der Waals surface area contributed by atoms with Crippen LogP contribution in [0.1, 0.15) is 22.2 Å².